The van der Waals surface area contributed by atoms with Crippen molar-refractivity contribution in [2.45, 2.75) is 26.3 Å². The summed E-state index contributed by atoms with van der Waals surface area (Å²) < 4.78 is 0. The van der Waals surface area contributed by atoms with Crippen LogP contribution in [0.2, 0.25) is 0 Å². The number of amides is 1. The van der Waals surface area contributed by atoms with Crippen LogP contribution in [0, 0.1) is 0 Å². The number of hydrogen-bond donors (Lipinski definition) is 2. The zero-order chi connectivity index (χ0) is 16.7. The average Bonchev–Trinajstić information content (AvgIpc) is 2.55. The van der Waals surface area contributed by atoms with E-state index in [4.69, 9.17) is 0 Å². The minimum Gasteiger partial charge on any atom is -0.326 e. The van der Waals surface area contributed by atoms with E-state index in [-0.39, 0.29) is 17.7 Å². The van der Waals surface area contributed by atoms with Crippen LogP contribution < -0.4 is 10.6 Å². The molecular formula is C19H22N2O2. The van der Waals surface area contributed by atoms with Crippen LogP contribution in [0.15, 0.2) is 54.6 Å². The van der Waals surface area contributed by atoms with Crippen molar-refractivity contribution in [1.82, 2.24) is 5.32 Å². The average molecular weight is 310 g/mol. The quantitative estimate of drug-likeness (QED) is 0.769. The fraction of sp³-hybridized carbons (Fsp3) is 0.263. The van der Waals surface area contributed by atoms with Gasteiger partial charge < -0.3 is 10.6 Å². The minimum atomic E-state index is -0.0709. The molecular weight excluding hydrogens is 288 g/mol. The summed E-state index contributed by atoms with van der Waals surface area (Å²) in [5, 5.41) is 6.15. The fourth-order valence-corrected chi connectivity index (χ4v) is 2.30. The Labute approximate surface area is 136 Å². The van der Waals surface area contributed by atoms with E-state index in [2.05, 4.69) is 29.7 Å². The summed E-state index contributed by atoms with van der Waals surface area (Å²) in [6.45, 7) is 4.17. The molecule has 0 radical (unpaired) electrons. The van der Waals surface area contributed by atoms with Gasteiger partial charge in [0.2, 0.25) is 5.91 Å². The zero-order valence-electron chi connectivity index (χ0n) is 13.5. The Morgan fingerprint density at radius 1 is 1.04 bits per heavy atom. The molecule has 4 nitrogen and oxygen atoms in total. The third kappa shape index (κ3) is 5.34. The lowest BCUT2D eigenvalue weighted by Gasteiger charge is -2.14. The molecule has 2 rings (SSSR count). The first kappa shape index (κ1) is 16.9. The lowest BCUT2D eigenvalue weighted by atomic mass is 10.1. The third-order valence-corrected chi connectivity index (χ3v) is 3.66. The number of Topliss-reactive ketones (excluding diaryl/α,β-unsaturated/α-hetero) is 1. The maximum Gasteiger partial charge on any atom is 0.225 e. The summed E-state index contributed by atoms with van der Waals surface area (Å²) in [4.78, 5) is 23.3. The topological polar surface area (TPSA) is 58.2 Å². The van der Waals surface area contributed by atoms with E-state index in [0.717, 1.165) is 0 Å². The molecule has 0 aliphatic heterocycles. The normalized spacial score (nSPS) is 11.7. The van der Waals surface area contributed by atoms with Crippen LogP contribution >= 0.6 is 0 Å². The lowest BCUT2D eigenvalue weighted by Crippen LogP contribution is -2.24. The number of ketones is 1. The number of carbonyl (C=O) groups is 2. The molecule has 0 saturated heterocycles. The van der Waals surface area contributed by atoms with Crippen LogP contribution in [0.3, 0.4) is 0 Å². The van der Waals surface area contributed by atoms with Crippen molar-refractivity contribution in [1.29, 1.82) is 0 Å². The predicted molar refractivity (Wildman–Crippen MR) is 92.6 cm³/mol. The molecule has 0 heterocycles. The molecule has 0 saturated carbocycles. The Balaban J connectivity index is 1.79. The van der Waals surface area contributed by atoms with Crippen molar-refractivity contribution >= 4 is 17.4 Å². The van der Waals surface area contributed by atoms with Crippen LogP contribution in [0.1, 0.15) is 42.2 Å². The molecule has 4 heteroatoms. The Kier molecular flexibility index (Phi) is 6.06. The van der Waals surface area contributed by atoms with Crippen molar-refractivity contribution in [3.05, 3.63) is 65.7 Å². The van der Waals surface area contributed by atoms with Gasteiger partial charge >= 0.3 is 0 Å². The standard InChI is InChI=1S/C19H22N2O2/c1-14(16-7-4-3-5-8-16)20-12-11-19(23)21-18-10-6-9-17(13-18)15(2)22/h3-10,13-14,20H,11-12H2,1-2H3,(H,21,23). The number of anilines is 1. The van der Waals surface area contributed by atoms with E-state index in [1.807, 2.05) is 18.2 Å². The van der Waals surface area contributed by atoms with Gasteiger partial charge in [0.05, 0.1) is 0 Å². The maximum absolute atomic E-state index is 12.0. The molecule has 1 unspecified atom stereocenters. The summed E-state index contributed by atoms with van der Waals surface area (Å²) in [5.74, 6) is -0.0853. The molecule has 0 aliphatic rings. The maximum atomic E-state index is 12.0. The van der Waals surface area contributed by atoms with Crippen LogP contribution in [0.5, 0.6) is 0 Å². The first-order chi connectivity index (χ1) is 11.1. The molecule has 1 amide bonds. The second-order valence-corrected chi connectivity index (χ2v) is 5.52. The molecule has 23 heavy (non-hydrogen) atoms. The molecule has 0 aliphatic carbocycles. The Morgan fingerprint density at radius 2 is 1.78 bits per heavy atom. The second kappa shape index (κ2) is 8.25. The largest absolute Gasteiger partial charge is 0.326 e. The highest BCUT2D eigenvalue weighted by Crippen LogP contribution is 2.12. The third-order valence-electron chi connectivity index (χ3n) is 3.66. The zero-order valence-corrected chi connectivity index (χ0v) is 13.5. The Hall–Kier alpha value is -2.46. The van der Waals surface area contributed by atoms with Crippen LogP contribution in [0.4, 0.5) is 5.69 Å². The number of rotatable bonds is 7. The second-order valence-electron chi connectivity index (χ2n) is 5.52. The van der Waals surface area contributed by atoms with E-state index in [9.17, 15) is 9.59 Å². The fourth-order valence-electron chi connectivity index (χ4n) is 2.30. The molecule has 0 spiro atoms. The van der Waals surface area contributed by atoms with Crippen molar-refractivity contribution in [3.8, 4) is 0 Å². The molecule has 0 bridgehead atoms. The van der Waals surface area contributed by atoms with E-state index in [1.165, 1.54) is 12.5 Å². The highest BCUT2D eigenvalue weighted by atomic mass is 16.1. The van der Waals surface area contributed by atoms with Gasteiger partial charge in [-0.3, -0.25) is 9.59 Å². The molecule has 0 aromatic heterocycles. The molecule has 120 valence electrons. The van der Waals surface area contributed by atoms with Gasteiger partial charge in [0, 0.05) is 30.3 Å². The van der Waals surface area contributed by atoms with Gasteiger partial charge in [0.1, 0.15) is 0 Å². The Bertz CT molecular complexity index is 668. The Morgan fingerprint density at radius 3 is 2.48 bits per heavy atom. The van der Waals surface area contributed by atoms with Gasteiger partial charge in [-0.15, -0.1) is 0 Å². The first-order valence-electron chi connectivity index (χ1n) is 7.75. The van der Waals surface area contributed by atoms with Crippen molar-refractivity contribution in [2.24, 2.45) is 0 Å². The summed E-state index contributed by atoms with van der Waals surface area (Å²) >= 11 is 0. The number of carbonyl (C=O) groups excluding carboxylic acids is 2. The van der Waals surface area contributed by atoms with Gasteiger partial charge in [0.25, 0.3) is 0 Å². The van der Waals surface area contributed by atoms with Crippen LogP contribution in [0.25, 0.3) is 0 Å². The highest BCUT2D eigenvalue weighted by Gasteiger charge is 2.07. The number of nitrogens with one attached hydrogen (secondary N) is 2. The summed E-state index contributed by atoms with van der Waals surface area (Å²) in [6, 6.07) is 17.3. The van der Waals surface area contributed by atoms with E-state index in [0.29, 0.717) is 24.2 Å². The molecule has 2 N–H and O–H groups in total. The lowest BCUT2D eigenvalue weighted by molar-refractivity contribution is -0.116. The van der Waals surface area contributed by atoms with Gasteiger partial charge in [-0.1, -0.05) is 42.5 Å². The monoisotopic (exact) mass is 310 g/mol. The van der Waals surface area contributed by atoms with Crippen molar-refractivity contribution in [2.75, 3.05) is 11.9 Å². The smallest absolute Gasteiger partial charge is 0.225 e. The van der Waals surface area contributed by atoms with Crippen LogP contribution in [-0.4, -0.2) is 18.2 Å². The van der Waals surface area contributed by atoms with Crippen LogP contribution in [-0.2, 0) is 4.79 Å². The van der Waals surface area contributed by atoms with Gasteiger partial charge in [-0.25, -0.2) is 0 Å². The molecule has 1 atom stereocenters. The predicted octanol–water partition coefficient (Wildman–Crippen LogP) is 3.57. The summed E-state index contributed by atoms with van der Waals surface area (Å²) in [6.07, 6.45) is 0.376. The van der Waals surface area contributed by atoms with Gasteiger partial charge in [0.15, 0.2) is 5.78 Å². The molecule has 2 aromatic rings. The minimum absolute atomic E-state index is 0.0144. The number of benzene rings is 2. The van der Waals surface area contributed by atoms with Gasteiger partial charge in [-0.05, 0) is 31.5 Å². The highest BCUT2D eigenvalue weighted by molar-refractivity contribution is 5.97. The first-order valence-corrected chi connectivity index (χ1v) is 7.75. The molecule has 0 fully saturated rings. The van der Waals surface area contributed by atoms with E-state index >= 15 is 0 Å². The van der Waals surface area contributed by atoms with E-state index in [1.54, 1.807) is 24.3 Å². The summed E-state index contributed by atoms with van der Waals surface area (Å²) in [5.41, 5.74) is 2.44. The van der Waals surface area contributed by atoms with Crippen molar-refractivity contribution < 1.29 is 9.59 Å². The van der Waals surface area contributed by atoms with E-state index < -0.39 is 0 Å². The van der Waals surface area contributed by atoms with Gasteiger partial charge in [-0.2, -0.15) is 0 Å². The molecule has 2 aromatic carbocycles. The van der Waals surface area contributed by atoms with Crippen molar-refractivity contribution in [3.63, 3.8) is 0 Å². The summed E-state index contributed by atoms with van der Waals surface area (Å²) in [7, 11) is 0. The SMILES string of the molecule is CC(=O)c1cccc(NC(=O)CCNC(C)c2ccccc2)c1. The number of hydrogen-bond acceptors (Lipinski definition) is 3.